The van der Waals surface area contributed by atoms with E-state index in [0.29, 0.717) is 6.61 Å². The Bertz CT molecular complexity index is 337. The summed E-state index contributed by atoms with van der Waals surface area (Å²) in [7, 11) is 0. The zero-order chi connectivity index (χ0) is 11.9. The molecule has 0 bridgehead atoms. The summed E-state index contributed by atoms with van der Waals surface area (Å²) in [6.45, 7) is 4.53. The largest absolute Gasteiger partial charge is 0.375 e. The Morgan fingerprint density at radius 3 is 2.94 bits per heavy atom. The molecule has 0 aromatic carbocycles. The highest BCUT2D eigenvalue weighted by Crippen LogP contribution is 2.19. The zero-order valence-electron chi connectivity index (χ0n) is 10.6. The maximum Gasteiger partial charge on any atom is 0.0887 e. The summed E-state index contributed by atoms with van der Waals surface area (Å²) >= 11 is 0. The van der Waals surface area contributed by atoms with Crippen LogP contribution in [-0.2, 0) is 17.9 Å². The van der Waals surface area contributed by atoms with Crippen molar-refractivity contribution in [3.05, 3.63) is 29.6 Å². The molecule has 2 rings (SSSR count). The second-order valence-electron chi connectivity index (χ2n) is 4.68. The van der Waals surface area contributed by atoms with Gasteiger partial charge in [-0.2, -0.15) is 0 Å². The third kappa shape index (κ3) is 4.84. The van der Waals surface area contributed by atoms with Crippen LogP contribution in [0, 0.1) is 0 Å². The van der Waals surface area contributed by atoms with Crippen LogP contribution >= 0.6 is 0 Å². The number of aromatic nitrogens is 1. The van der Waals surface area contributed by atoms with Crippen LogP contribution in [-0.4, -0.2) is 17.6 Å². The van der Waals surface area contributed by atoms with Gasteiger partial charge in [0.25, 0.3) is 0 Å². The third-order valence-corrected chi connectivity index (χ3v) is 2.91. The van der Waals surface area contributed by atoms with E-state index in [9.17, 15) is 0 Å². The van der Waals surface area contributed by atoms with Gasteiger partial charge in [0.15, 0.2) is 0 Å². The number of nitrogens with zero attached hydrogens (tertiary/aromatic N) is 1. The fraction of sp³-hybridized carbons (Fsp3) is 0.643. The monoisotopic (exact) mass is 234 g/mol. The third-order valence-electron chi connectivity index (χ3n) is 2.91. The summed E-state index contributed by atoms with van der Waals surface area (Å²) in [5.41, 5.74) is 2.16. The molecule has 0 spiro atoms. The number of unbranched alkanes of at least 4 members (excludes halogenated alkanes) is 1. The number of hydrogen-bond acceptors (Lipinski definition) is 3. The molecule has 0 radical (unpaired) electrons. The van der Waals surface area contributed by atoms with E-state index in [1.54, 1.807) is 0 Å². The molecule has 1 N–H and O–H groups in total. The normalized spacial score (nSPS) is 15.1. The fourth-order valence-corrected chi connectivity index (χ4v) is 1.67. The van der Waals surface area contributed by atoms with Crippen LogP contribution in [0.1, 0.15) is 44.0 Å². The van der Waals surface area contributed by atoms with Crippen LogP contribution in [0.25, 0.3) is 0 Å². The van der Waals surface area contributed by atoms with Crippen molar-refractivity contribution in [3.63, 3.8) is 0 Å². The van der Waals surface area contributed by atoms with Gasteiger partial charge in [0, 0.05) is 19.2 Å². The maximum absolute atomic E-state index is 5.57. The Morgan fingerprint density at radius 1 is 1.35 bits per heavy atom. The van der Waals surface area contributed by atoms with Crippen LogP contribution < -0.4 is 5.32 Å². The lowest BCUT2D eigenvalue weighted by Gasteiger charge is -2.06. The molecule has 1 aromatic heterocycles. The summed E-state index contributed by atoms with van der Waals surface area (Å²) in [5, 5.41) is 3.47. The van der Waals surface area contributed by atoms with Gasteiger partial charge in [0.1, 0.15) is 0 Å². The standard InChI is InChI=1S/C14H22N2O/c1-2-3-9-17-11-14-6-4-5-13(16-14)10-15-12-7-8-12/h4-6,12,15H,2-3,7-11H2,1H3. The molecule has 94 valence electrons. The molecule has 0 saturated heterocycles. The van der Waals surface area contributed by atoms with E-state index in [-0.39, 0.29) is 0 Å². The highest BCUT2D eigenvalue weighted by molar-refractivity contribution is 5.10. The topological polar surface area (TPSA) is 34.1 Å². The van der Waals surface area contributed by atoms with E-state index in [2.05, 4.69) is 29.4 Å². The average Bonchev–Trinajstić information content (AvgIpc) is 3.17. The molecule has 0 aliphatic heterocycles. The van der Waals surface area contributed by atoms with E-state index in [1.165, 1.54) is 19.3 Å². The SMILES string of the molecule is CCCCOCc1cccc(CNC2CC2)n1. The molecule has 3 heteroatoms. The van der Waals surface area contributed by atoms with Gasteiger partial charge < -0.3 is 10.1 Å². The Hall–Kier alpha value is -0.930. The number of ether oxygens (including phenoxy) is 1. The summed E-state index contributed by atoms with van der Waals surface area (Å²) in [5.74, 6) is 0. The molecular formula is C14H22N2O. The van der Waals surface area contributed by atoms with Gasteiger partial charge in [-0.15, -0.1) is 0 Å². The zero-order valence-corrected chi connectivity index (χ0v) is 10.6. The van der Waals surface area contributed by atoms with E-state index in [1.807, 2.05) is 6.07 Å². The van der Waals surface area contributed by atoms with Crippen molar-refractivity contribution in [3.8, 4) is 0 Å². The second-order valence-corrected chi connectivity index (χ2v) is 4.68. The van der Waals surface area contributed by atoms with Crippen molar-refractivity contribution in [1.82, 2.24) is 10.3 Å². The number of pyridine rings is 1. The highest BCUT2D eigenvalue weighted by Gasteiger charge is 2.20. The first-order valence-corrected chi connectivity index (χ1v) is 6.64. The first-order chi connectivity index (χ1) is 8.38. The van der Waals surface area contributed by atoms with Crippen LogP contribution in [0.5, 0.6) is 0 Å². The summed E-state index contributed by atoms with van der Waals surface area (Å²) in [6, 6.07) is 6.91. The average molecular weight is 234 g/mol. The lowest BCUT2D eigenvalue weighted by atomic mass is 10.3. The van der Waals surface area contributed by atoms with Crippen molar-refractivity contribution in [2.24, 2.45) is 0 Å². The molecule has 17 heavy (non-hydrogen) atoms. The molecule has 0 amide bonds. The van der Waals surface area contributed by atoms with Crippen molar-refractivity contribution in [2.45, 2.75) is 51.8 Å². The lowest BCUT2D eigenvalue weighted by molar-refractivity contribution is 0.115. The first-order valence-electron chi connectivity index (χ1n) is 6.64. The Balaban J connectivity index is 1.74. The van der Waals surface area contributed by atoms with E-state index in [0.717, 1.165) is 37.0 Å². The molecule has 1 aromatic rings. The van der Waals surface area contributed by atoms with Gasteiger partial charge in [0.2, 0.25) is 0 Å². The van der Waals surface area contributed by atoms with E-state index in [4.69, 9.17) is 4.74 Å². The molecule has 1 saturated carbocycles. The minimum Gasteiger partial charge on any atom is -0.375 e. The molecule has 1 heterocycles. The minimum atomic E-state index is 0.636. The van der Waals surface area contributed by atoms with Gasteiger partial charge >= 0.3 is 0 Å². The minimum absolute atomic E-state index is 0.636. The van der Waals surface area contributed by atoms with Crippen LogP contribution in [0.4, 0.5) is 0 Å². The fourth-order valence-electron chi connectivity index (χ4n) is 1.67. The van der Waals surface area contributed by atoms with Gasteiger partial charge in [0.05, 0.1) is 18.0 Å². The molecular weight excluding hydrogens is 212 g/mol. The molecule has 1 aliphatic carbocycles. The predicted molar refractivity (Wildman–Crippen MR) is 68.7 cm³/mol. The maximum atomic E-state index is 5.57. The van der Waals surface area contributed by atoms with E-state index < -0.39 is 0 Å². The molecule has 1 aliphatic rings. The smallest absolute Gasteiger partial charge is 0.0887 e. The molecule has 0 unspecified atom stereocenters. The van der Waals surface area contributed by atoms with Gasteiger partial charge in [-0.1, -0.05) is 19.4 Å². The number of hydrogen-bond donors (Lipinski definition) is 1. The number of nitrogens with one attached hydrogen (secondary N) is 1. The van der Waals surface area contributed by atoms with Crippen LogP contribution in [0.3, 0.4) is 0 Å². The highest BCUT2D eigenvalue weighted by atomic mass is 16.5. The van der Waals surface area contributed by atoms with Crippen molar-refractivity contribution in [2.75, 3.05) is 6.61 Å². The molecule has 3 nitrogen and oxygen atoms in total. The van der Waals surface area contributed by atoms with Gasteiger partial charge in [-0.05, 0) is 31.4 Å². The molecule has 1 fully saturated rings. The Labute approximate surface area is 104 Å². The van der Waals surface area contributed by atoms with Crippen LogP contribution in [0.15, 0.2) is 18.2 Å². The lowest BCUT2D eigenvalue weighted by Crippen LogP contribution is -2.16. The van der Waals surface area contributed by atoms with E-state index >= 15 is 0 Å². The quantitative estimate of drug-likeness (QED) is 0.702. The Morgan fingerprint density at radius 2 is 2.18 bits per heavy atom. The van der Waals surface area contributed by atoms with Gasteiger partial charge in [-0.3, -0.25) is 4.98 Å². The number of rotatable bonds is 8. The predicted octanol–water partition coefficient (Wildman–Crippen LogP) is 2.65. The Kier molecular flexibility index (Phi) is 4.95. The van der Waals surface area contributed by atoms with Crippen molar-refractivity contribution < 1.29 is 4.74 Å². The van der Waals surface area contributed by atoms with Crippen molar-refractivity contribution in [1.29, 1.82) is 0 Å². The molecule has 0 atom stereocenters. The summed E-state index contributed by atoms with van der Waals surface area (Å²) in [6.07, 6.45) is 4.95. The summed E-state index contributed by atoms with van der Waals surface area (Å²) < 4.78 is 5.57. The van der Waals surface area contributed by atoms with Crippen molar-refractivity contribution >= 4 is 0 Å². The first kappa shape index (κ1) is 12.5. The van der Waals surface area contributed by atoms with Crippen LogP contribution in [0.2, 0.25) is 0 Å². The summed E-state index contributed by atoms with van der Waals surface area (Å²) in [4.78, 5) is 4.58. The van der Waals surface area contributed by atoms with Gasteiger partial charge in [-0.25, -0.2) is 0 Å². The second kappa shape index (κ2) is 6.72.